The predicted octanol–water partition coefficient (Wildman–Crippen LogP) is -2.71. The van der Waals surface area contributed by atoms with Crippen LogP contribution in [0.1, 0.15) is 0 Å². The van der Waals surface area contributed by atoms with Crippen molar-refractivity contribution in [3.05, 3.63) is 12.7 Å². The van der Waals surface area contributed by atoms with Crippen LogP contribution in [0.3, 0.4) is 0 Å². The minimum Gasteiger partial charge on any atom is -0.387 e. The smallest absolute Gasteiger partial charge is 0.387 e. The van der Waals surface area contributed by atoms with Crippen LogP contribution in [0.2, 0.25) is 0 Å². The summed E-state index contributed by atoms with van der Waals surface area (Å²) < 4.78 is 20.1. The first-order valence-corrected chi connectivity index (χ1v) is 8.62. The number of nitrogens with one attached hydrogen (secondary N) is 1. The first kappa shape index (κ1) is 18.8. The van der Waals surface area contributed by atoms with Crippen molar-refractivity contribution in [2.75, 3.05) is 11.1 Å². The van der Waals surface area contributed by atoms with Crippen molar-refractivity contribution in [2.24, 2.45) is 0 Å². The van der Waals surface area contributed by atoms with E-state index in [-0.39, 0.29) is 22.7 Å². The monoisotopic (exact) mass is 390 g/mol. The predicted molar refractivity (Wildman–Crippen MR) is 83.0 cm³/mol. The molecule has 2 aromatic heterocycles. The van der Waals surface area contributed by atoms with Gasteiger partial charge in [0.2, 0.25) is 0 Å². The number of hydrogen-bond acceptors (Lipinski definition) is 12. The Morgan fingerprint density at radius 1 is 1.15 bits per heavy atom. The summed E-state index contributed by atoms with van der Waals surface area (Å²) in [4.78, 5) is 33.1. The number of aliphatic hydroxyl groups is 3. The van der Waals surface area contributed by atoms with Gasteiger partial charge in [-0.3, -0.25) is 4.52 Å². The van der Waals surface area contributed by atoms with E-state index in [1.165, 1.54) is 6.33 Å². The summed E-state index contributed by atoms with van der Waals surface area (Å²) in [5, 5.41) is 32.3. The molecule has 0 aliphatic carbocycles. The van der Waals surface area contributed by atoms with E-state index in [9.17, 15) is 19.9 Å². The highest BCUT2D eigenvalue weighted by Gasteiger charge is 2.48. The van der Waals surface area contributed by atoms with Gasteiger partial charge in [-0.05, 0) is 0 Å². The van der Waals surface area contributed by atoms with E-state index >= 15 is 0 Å². The summed E-state index contributed by atoms with van der Waals surface area (Å²) in [6, 6.07) is 0. The van der Waals surface area contributed by atoms with Crippen LogP contribution >= 0.6 is 7.82 Å². The fraction of sp³-hybridized carbons (Fsp3) is 0.455. The van der Waals surface area contributed by atoms with Crippen LogP contribution in [-0.4, -0.2) is 75.9 Å². The first-order valence-electron chi connectivity index (χ1n) is 7.08. The highest BCUT2D eigenvalue weighted by atomic mass is 31.2. The molecule has 2 aromatic rings. The molecule has 0 amide bonds. The molecule has 1 saturated heterocycles. The van der Waals surface area contributed by atoms with Gasteiger partial charge in [0.05, 0.1) is 0 Å². The van der Waals surface area contributed by atoms with Crippen LogP contribution in [-0.2, 0) is 13.8 Å². The molecule has 0 saturated carbocycles. The Labute approximate surface area is 144 Å². The van der Waals surface area contributed by atoms with Crippen LogP contribution in [0.4, 0.5) is 11.6 Å². The maximum absolute atomic E-state index is 10.8. The SMILES string of the molecule is Nc1ncnc2c(N[C@@H]3O[C@H](C(O)OP(=O)(O)O)[C@@H](O)[C@H]3O)ncnc12. The van der Waals surface area contributed by atoms with Crippen LogP contribution in [0.5, 0.6) is 0 Å². The van der Waals surface area contributed by atoms with Crippen molar-refractivity contribution in [3.63, 3.8) is 0 Å². The van der Waals surface area contributed by atoms with Crippen LogP contribution < -0.4 is 11.1 Å². The molecular weight excluding hydrogens is 375 g/mol. The number of ether oxygens (including phenoxy) is 1. The van der Waals surface area contributed by atoms with Gasteiger partial charge in [-0.2, -0.15) is 0 Å². The molecule has 26 heavy (non-hydrogen) atoms. The molecule has 0 bridgehead atoms. The summed E-state index contributed by atoms with van der Waals surface area (Å²) in [6.45, 7) is 0. The molecule has 0 radical (unpaired) electrons. The van der Waals surface area contributed by atoms with Crippen LogP contribution in [0.25, 0.3) is 11.0 Å². The van der Waals surface area contributed by atoms with Gasteiger partial charge in [-0.15, -0.1) is 0 Å². The third-order valence-electron chi connectivity index (χ3n) is 3.55. The zero-order valence-electron chi connectivity index (χ0n) is 12.8. The average Bonchev–Trinajstić information content (AvgIpc) is 2.83. The number of aromatic nitrogens is 4. The molecule has 1 aliphatic rings. The summed E-state index contributed by atoms with van der Waals surface area (Å²) in [7, 11) is -5.04. The second-order valence-corrected chi connectivity index (χ2v) is 6.50. The summed E-state index contributed by atoms with van der Waals surface area (Å²) in [6.07, 6.45) is -6.09. The molecule has 5 atom stereocenters. The Bertz CT molecular complexity index is 851. The highest BCUT2D eigenvalue weighted by molar-refractivity contribution is 7.46. The van der Waals surface area contributed by atoms with E-state index in [2.05, 4.69) is 29.8 Å². The van der Waals surface area contributed by atoms with Crippen molar-refractivity contribution in [1.29, 1.82) is 0 Å². The van der Waals surface area contributed by atoms with Gasteiger partial charge >= 0.3 is 7.82 Å². The lowest BCUT2D eigenvalue weighted by Gasteiger charge is -2.21. The number of phosphoric acid groups is 1. The summed E-state index contributed by atoms with van der Waals surface area (Å²) in [5.41, 5.74) is 6.13. The quantitative estimate of drug-likeness (QED) is 0.203. The molecule has 0 spiro atoms. The Hall–Kier alpha value is -2.03. The van der Waals surface area contributed by atoms with E-state index in [4.69, 9.17) is 20.3 Å². The second kappa shape index (κ2) is 6.94. The Balaban J connectivity index is 1.81. The number of nitrogen functional groups attached to an aromatic ring is 1. The Morgan fingerprint density at radius 3 is 2.50 bits per heavy atom. The van der Waals surface area contributed by atoms with Gasteiger partial charge in [0.1, 0.15) is 42.0 Å². The number of rotatable bonds is 5. The number of phosphoric ester groups is 1. The summed E-state index contributed by atoms with van der Waals surface area (Å²) >= 11 is 0. The van der Waals surface area contributed by atoms with Gasteiger partial charge in [0.15, 0.2) is 24.2 Å². The molecule has 8 N–H and O–H groups in total. The van der Waals surface area contributed by atoms with Gasteiger partial charge in [0.25, 0.3) is 0 Å². The number of fused-ring (bicyclic) bond motifs is 1. The molecule has 15 heteroatoms. The fourth-order valence-corrected chi connectivity index (χ4v) is 2.80. The van der Waals surface area contributed by atoms with E-state index < -0.39 is 38.7 Å². The van der Waals surface area contributed by atoms with Gasteiger partial charge in [-0.1, -0.05) is 0 Å². The van der Waals surface area contributed by atoms with E-state index in [1.54, 1.807) is 0 Å². The molecule has 3 rings (SSSR count). The molecule has 1 unspecified atom stereocenters. The van der Waals surface area contributed by atoms with E-state index in [1.807, 2.05) is 0 Å². The maximum Gasteiger partial charge on any atom is 0.472 e. The Kier molecular flexibility index (Phi) is 5.01. The zero-order chi connectivity index (χ0) is 19.1. The molecule has 14 nitrogen and oxygen atoms in total. The molecule has 3 heterocycles. The molecule has 0 aromatic carbocycles. The van der Waals surface area contributed by atoms with Crippen molar-refractivity contribution >= 4 is 30.5 Å². The van der Waals surface area contributed by atoms with Crippen LogP contribution in [0, 0.1) is 0 Å². The highest BCUT2D eigenvalue weighted by Crippen LogP contribution is 2.39. The number of anilines is 2. The minimum atomic E-state index is -5.04. The Morgan fingerprint density at radius 2 is 1.81 bits per heavy atom. The topological polar surface area (TPSA) is 226 Å². The largest absolute Gasteiger partial charge is 0.472 e. The number of aliphatic hydroxyl groups excluding tert-OH is 3. The normalized spacial score (nSPS) is 27.6. The first-order chi connectivity index (χ1) is 12.2. The summed E-state index contributed by atoms with van der Waals surface area (Å²) in [5.74, 6) is 0.183. The van der Waals surface area contributed by atoms with Gasteiger partial charge in [-0.25, -0.2) is 24.5 Å². The number of nitrogens with zero attached hydrogens (tertiary/aromatic N) is 4. The second-order valence-electron chi connectivity index (χ2n) is 5.31. The fourth-order valence-electron chi connectivity index (χ4n) is 2.40. The number of nitrogens with two attached hydrogens (primary N) is 1. The lowest BCUT2D eigenvalue weighted by molar-refractivity contribution is -0.151. The van der Waals surface area contributed by atoms with Crippen LogP contribution in [0.15, 0.2) is 12.7 Å². The van der Waals surface area contributed by atoms with E-state index in [0.29, 0.717) is 0 Å². The molecular formula is C11H15N6O8P. The number of hydrogen-bond donors (Lipinski definition) is 7. The van der Waals surface area contributed by atoms with Gasteiger partial charge in [0, 0.05) is 0 Å². The lowest BCUT2D eigenvalue weighted by Crippen LogP contribution is -2.40. The van der Waals surface area contributed by atoms with Crippen molar-refractivity contribution in [2.45, 2.75) is 30.8 Å². The average molecular weight is 390 g/mol. The maximum atomic E-state index is 10.8. The standard InChI is InChI=1S/C11H15N6O8P/c12-8-3-4(14-1-15-8)9(16-2-13-3)17-10-6(19)5(18)7(24-10)11(20)25-26(21,22)23/h1-2,5-7,10-11,18-20H,(H2,12,14,15)(H,13,16,17)(H2,21,22,23)/t5-,6+,7-,10+,11?/m0/s1. The van der Waals surface area contributed by atoms with E-state index in [0.717, 1.165) is 6.33 Å². The lowest BCUT2D eigenvalue weighted by atomic mass is 10.1. The minimum absolute atomic E-state index is 0.0893. The molecule has 1 fully saturated rings. The molecule has 142 valence electrons. The molecule has 1 aliphatic heterocycles. The third kappa shape index (κ3) is 3.72. The third-order valence-corrected chi connectivity index (χ3v) is 4.04. The van der Waals surface area contributed by atoms with Gasteiger partial charge < -0.3 is 40.9 Å². The zero-order valence-corrected chi connectivity index (χ0v) is 13.7. The van der Waals surface area contributed by atoms with Crippen molar-refractivity contribution in [1.82, 2.24) is 19.9 Å². The van der Waals surface area contributed by atoms with Crippen molar-refractivity contribution in [3.8, 4) is 0 Å². The van der Waals surface area contributed by atoms with Crippen molar-refractivity contribution < 1.29 is 38.9 Å².